The molecule has 0 aliphatic heterocycles. The molecule has 0 saturated heterocycles. The lowest BCUT2D eigenvalue weighted by molar-refractivity contribution is 1.16. The first-order chi connectivity index (χ1) is 55.5. The van der Waals surface area contributed by atoms with Crippen LogP contribution in [0.3, 0.4) is 0 Å². The minimum Gasteiger partial charge on any atom is -0.309 e. The second kappa shape index (κ2) is 27.5. The molecular weight excluding hydrogens is 1370 g/mol. The summed E-state index contributed by atoms with van der Waals surface area (Å²) in [7, 11) is 0. The zero-order chi connectivity index (χ0) is 74.0. The molecule has 0 bridgehead atoms. The molecule has 0 fully saturated rings. The van der Waals surface area contributed by atoms with E-state index in [1.807, 2.05) is 97.3 Å². The van der Waals surface area contributed by atoms with E-state index in [0.717, 1.165) is 134 Å². The fraction of sp³-hybridized carbons (Fsp3) is 0. The van der Waals surface area contributed by atoms with E-state index in [-0.39, 0.29) is 0 Å². The van der Waals surface area contributed by atoms with E-state index in [2.05, 4.69) is 322 Å². The van der Waals surface area contributed by atoms with Crippen molar-refractivity contribution in [2.24, 2.45) is 0 Å². The molecule has 8 heterocycles. The Labute approximate surface area is 645 Å². The maximum absolute atomic E-state index is 5.05. The van der Waals surface area contributed by atoms with Crippen molar-refractivity contribution in [1.82, 2.24) is 48.2 Å². The summed E-state index contributed by atoms with van der Waals surface area (Å²) in [5, 5.41) is 7.18. The van der Waals surface area contributed by atoms with Crippen LogP contribution in [0.15, 0.2) is 401 Å². The lowest BCUT2D eigenvalue weighted by Crippen LogP contribution is -1.97. The zero-order valence-corrected chi connectivity index (χ0v) is 60.6. The van der Waals surface area contributed by atoms with Gasteiger partial charge in [0, 0.05) is 101 Å². The van der Waals surface area contributed by atoms with Gasteiger partial charge in [0.15, 0.2) is 11.6 Å². The lowest BCUT2D eigenvalue weighted by atomic mass is 10.0. The van der Waals surface area contributed by atoms with Gasteiger partial charge in [0.1, 0.15) is 0 Å². The topological polar surface area (TPSA) is 97.1 Å². The van der Waals surface area contributed by atoms with Gasteiger partial charge in [-0.15, -0.1) is 0 Å². The highest BCUT2D eigenvalue weighted by atomic mass is 15.0. The number of pyridine rings is 2. The molecule has 0 aliphatic carbocycles. The Morgan fingerprint density at radius 3 is 0.786 bits per heavy atom. The molecule has 10 heteroatoms. The minimum absolute atomic E-state index is 0.689. The van der Waals surface area contributed by atoms with Crippen LogP contribution in [-0.4, -0.2) is 48.2 Å². The van der Waals surface area contributed by atoms with Crippen LogP contribution in [0.5, 0.6) is 0 Å². The summed E-state index contributed by atoms with van der Waals surface area (Å²) in [5.74, 6) is 1.39. The van der Waals surface area contributed by atoms with Gasteiger partial charge in [0.25, 0.3) is 0 Å². The summed E-state index contributed by atoms with van der Waals surface area (Å²) in [6, 6.07) is 137. The molecule has 0 unspecified atom stereocenters. The van der Waals surface area contributed by atoms with Crippen LogP contribution < -0.4 is 0 Å². The van der Waals surface area contributed by atoms with Crippen molar-refractivity contribution < 1.29 is 0 Å². The van der Waals surface area contributed by atoms with E-state index in [1.54, 1.807) is 0 Å². The summed E-state index contributed by atoms with van der Waals surface area (Å²) in [5.41, 5.74) is 29.8. The highest BCUT2D eigenvalue weighted by Gasteiger charge is 2.22. The average molecular weight is 1430 g/mol. The van der Waals surface area contributed by atoms with Crippen molar-refractivity contribution in [3.05, 3.63) is 401 Å². The van der Waals surface area contributed by atoms with E-state index < -0.39 is 0 Å². The first-order valence-corrected chi connectivity index (χ1v) is 37.7. The van der Waals surface area contributed by atoms with E-state index in [9.17, 15) is 0 Å². The number of fused-ring (bicyclic) bond motifs is 12. The van der Waals surface area contributed by atoms with Gasteiger partial charge >= 0.3 is 0 Å². The molecule has 0 spiro atoms. The molecule has 112 heavy (non-hydrogen) atoms. The molecule has 0 radical (unpaired) electrons. The van der Waals surface area contributed by atoms with Gasteiger partial charge in [-0.05, 0) is 180 Å². The third-order valence-corrected chi connectivity index (χ3v) is 21.6. The second-order valence-corrected chi connectivity index (χ2v) is 28.2. The molecule has 0 saturated carbocycles. The fourth-order valence-corrected chi connectivity index (χ4v) is 16.3. The number of hydrogen-bond acceptors (Lipinski definition) is 6. The highest BCUT2D eigenvalue weighted by Crippen LogP contribution is 2.42. The van der Waals surface area contributed by atoms with Crippen molar-refractivity contribution in [1.29, 1.82) is 0 Å². The summed E-state index contributed by atoms with van der Waals surface area (Å²) in [6.07, 6.45) is 3.77. The monoisotopic (exact) mass is 1430 g/mol. The Bertz CT molecular complexity index is 6760. The van der Waals surface area contributed by atoms with Crippen molar-refractivity contribution in [3.63, 3.8) is 0 Å². The van der Waals surface area contributed by atoms with E-state index in [4.69, 9.17) is 29.9 Å². The molecule has 0 amide bonds. The van der Waals surface area contributed by atoms with Crippen molar-refractivity contribution in [2.45, 2.75) is 0 Å². The molecule has 10 nitrogen and oxygen atoms in total. The third-order valence-electron chi connectivity index (χ3n) is 21.6. The summed E-state index contributed by atoms with van der Waals surface area (Å²) >= 11 is 0. The van der Waals surface area contributed by atoms with Crippen LogP contribution in [0.4, 0.5) is 0 Å². The number of hydrogen-bond donors (Lipinski definition) is 0. The second-order valence-electron chi connectivity index (χ2n) is 28.2. The van der Waals surface area contributed by atoms with Crippen LogP contribution in [0, 0.1) is 0 Å². The minimum atomic E-state index is 0.689. The Morgan fingerprint density at radius 1 is 0.161 bits per heavy atom. The van der Waals surface area contributed by atoms with Crippen molar-refractivity contribution in [3.8, 4) is 113 Å². The van der Waals surface area contributed by atoms with E-state index in [1.165, 1.54) is 54.7 Å². The van der Waals surface area contributed by atoms with Crippen LogP contribution in [-0.2, 0) is 0 Å². The maximum atomic E-state index is 5.05. The van der Waals surface area contributed by atoms with Crippen LogP contribution >= 0.6 is 0 Å². The van der Waals surface area contributed by atoms with E-state index >= 15 is 0 Å². The maximum Gasteiger partial charge on any atom is 0.160 e. The van der Waals surface area contributed by atoms with Gasteiger partial charge in [-0.3, -0.25) is 9.97 Å². The molecule has 22 rings (SSSR count). The normalized spacial score (nSPS) is 11.6. The molecule has 524 valence electrons. The zero-order valence-electron chi connectivity index (χ0n) is 60.6. The van der Waals surface area contributed by atoms with Gasteiger partial charge in [-0.25, -0.2) is 19.9 Å². The number of rotatable bonds is 12. The third kappa shape index (κ3) is 11.5. The summed E-state index contributed by atoms with van der Waals surface area (Å²) < 4.78 is 9.33. The van der Waals surface area contributed by atoms with E-state index in [0.29, 0.717) is 11.6 Å². The van der Waals surface area contributed by atoms with Crippen molar-refractivity contribution in [2.75, 3.05) is 0 Å². The van der Waals surface area contributed by atoms with Gasteiger partial charge < -0.3 is 18.3 Å². The molecule has 14 aromatic carbocycles. The highest BCUT2D eigenvalue weighted by molar-refractivity contribution is 6.14. The Kier molecular flexibility index (Phi) is 16.0. The quantitative estimate of drug-likeness (QED) is 0.121. The van der Waals surface area contributed by atoms with Gasteiger partial charge in [-0.1, -0.05) is 231 Å². The molecule has 0 atom stereocenters. The molecular formula is C102H66N10. The predicted octanol–water partition coefficient (Wildman–Crippen LogP) is 25.5. The molecule has 22 aromatic rings. The largest absolute Gasteiger partial charge is 0.309 e. The number of para-hydroxylation sites is 4. The Morgan fingerprint density at radius 2 is 0.411 bits per heavy atom. The molecule has 0 N–H and O–H groups in total. The fourth-order valence-electron chi connectivity index (χ4n) is 16.3. The molecule has 0 aliphatic rings. The van der Waals surface area contributed by atoms with Crippen molar-refractivity contribution >= 4 is 87.5 Å². The smallest absolute Gasteiger partial charge is 0.160 e. The first kappa shape index (κ1) is 65.1. The number of benzene rings is 14. The standard InChI is InChI=1S/2C51H33N5/c1-4-13-34(14-5-1)44-33-45(54-51(53-44)36-15-6-2-7-16-36)35-22-26-40(27-23-35)56-48-29-25-38(32-43(48)50-49(56)21-12-30-52-50)37-24-28-47-42(31-37)41-19-10-11-20-46(41)55(47)39-17-8-3-9-18-39;1-4-13-34(14-5-1)44-33-45(35-15-6-2-7-16-35)54-51(53-44)36-22-26-40(27-23-36)56-48-29-25-38(32-43(48)50-49(56)21-12-30-52-50)37-24-28-47-42(31-37)41-19-10-11-20-46(41)55(47)39-17-8-3-9-18-39/h2*1-33H. The summed E-state index contributed by atoms with van der Waals surface area (Å²) in [6.45, 7) is 0. The van der Waals surface area contributed by atoms with Gasteiger partial charge in [0.2, 0.25) is 0 Å². The number of nitrogens with zero attached hydrogens (tertiary/aromatic N) is 10. The van der Waals surface area contributed by atoms with Crippen LogP contribution in [0.1, 0.15) is 0 Å². The summed E-state index contributed by atoms with van der Waals surface area (Å²) in [4.78, 5) is 30.0. The first-order valence-electron chi connectivity index (χ1n) is 37.7. The van der Waals surface area contributed by atoms with Gasteiger partial charge in [0.05, 0.1) is 77.9 Å². The van der Waals surface area contributed by atoms with Crippen LogP contribution in [0.25, 0.3) is 200 Å². The van der Waals surface area contributed by atoms with Crippen LogP contribution in [0.2, 0.25) is 0 Å². The number of aromatic nitrogens is 10. The Balaban J connectivity index is 0.000000141. The average Bonchev–Trinajstić information content (AvgIpc) is 1.59. The molecule has 8 aromatic heterocycles. The lowest BCUT2D eigenvalue weighted by Gasteiger charge is -2.11. The Hall–Kier alpha value is -15.3. The van der Waals surface area contributed by atoms with Gasteiger partial charge in [-0.2, -0.15) is 0 Å². The predicted molar refractivity (Wildman–Crippen MR) is 460 cm³/mol. The SMILES string of the molecule is c1ccc(-c2cc(-c3ccc(-n4c5ccc(-c6ccc7c(c6)c6ccccc6n7-c6ccccc6)cc5c5ncccc54)cc3)nc(-c3ccccc3)n2)cc1.c1ccc(-c2cc(-c3ccccc3)nc(-c3ccc(-n4c5ccc(-c6ccc7c(c6)c6ccccc6n7-c6ccccc6)cc5c5ncccc54)cc3)n2)cc1.